The highest BCUT2D eigenvalue weighted by Crippen LogP contribution is 2.64. The van der Waals surface area contributed by atoms with Gasteiger partial charge in [0.1, 0.15) is 0 Å². The molecule has 19 heavy (non-hydrogen) atoms. The maximum absolute atomic E-state index is 6.32. The van der Waals surface area contributed by atoms with Crippen molar-refractivity contribution in [3.05, 3.63) is 35.9 Å². The first-order chi connectivity index (χ1) is 9.42. The summed E-state index contributed by atoms with van der Waals surface area (Å²) in [6.07, 6.45) is 5.85. The van der Waals surface area contributed by atoms with Crippen LogP contribution in [-0.2, 0) is 16.1 Å². The standard InChI is InChI=1S/C17H20O2/c1-2-4-10(5-3-1)9-18-16-11-6-7-12(16)15-13(11)8-14-17(15)19-14/h1-5,11-17H,6-9H2. The lowest BCUT2D eigenvalue weighted by Gasteiger charge is -2.25. The molecule has 4 fully saturated rings. The molecule has 4 aliphatic rings. The second-order valence-electron chi connectivity index (χ2n) is 6.78. The maximum atomic E-state index is 6.32. The van der Waals surface area contributed by atoms with Crippen LogP contribution in [0.15, 0.2) is 30.3 Å². The minimum atomic E-state index is 0.514. The molecule has 1 heterocycles. The summed E-state index contributed by atoms with van der Waals surface area (Å²) in [5.74, 6) is 3.37. The van der Waals surface area contributed by atoms with Crippen molar-refractivity contribution in [2.45, 2.75) is 44.2 Å². The van der Waals surface area contributed by atoms with Crippen molar-refractivity contribution in [3.63, 3.8) is 0 Å². The first kappa shape index (κ1) is 10.9. The Morgan fingerprint density at radius 1 is 1.05 bits per heavy atom. The molecule has 1 saturated heterocycles. The Bertz CT molecular complexity index is 485. The van der Waals surface area contributed by atoms with Gasteiger partial charge in [-0.2, -0.15) is 0 Å². The Kier molecular flexibility index (Phi) is 2.19. The van der Waals surface area contributed by atoms with E-state index in [2.05, 4.69) is 30.3 Å². The van der Waals surface area contributed by atoms with Crippen LogP contribution in [0, 0.1) is 23.7 Å². The zero-order chi connectivity index (χ0) is 12.4. The highest BCUT2D eigenvalue weighted by Gasteiger charge is 2.67. The van der Waals surface area contributed by atoms with Crippen molar-refractivity contribution in [1.29, 1.82) is 0 Å². The molecule has 5 rings (SSSR count). The van der Waals surface area contributed by atoms with Crippen molar-refractivity contribution in [1.82, 2.24) is 0 Å². The van der Waals surface area contributed by atoms with Gasteiger partial charge in [0.05, 0.1) is 24.9 Å². The number of benzene rings is 1. The number of ether oxygens (including phenoxy) is 2. The summed E-state index contributed by atoms with van der Waals surface area (Å²) in [4.78, 5) is 0. The minimum Gasteiger partial charge on any atom is -0.373 e. The average Bonchev–Trinajstić information content (AvgIpc) is 2.84. The van der Waals surface area contributed by atoms with E-state index in [0.717, 1.165) is 30.3 Å². The summed E-state index contributed by atoms with van der Waals surface area (Å²) < 4.78 is 12.1. The average molecular weight is 256 g/mol. The van der Waals surface area contributed by atoms with Gasteiger partial charge in [-0.25, -0.2) is 0 Å². The molecule has 1 aromatic rings. The van der Waals surface area contributed by atoms with Crippen molar-refractivity contribution in [2.24, 2.45) is 23.7 Å². The molecule has 7 unspecified atom stereocenters. The van der Waals surface area contributed by atoms with E-state index in [1.54, 1.807) is 0 Å². The molecule has 7 atom stereocenters. The smallest absolute Gasteiger partial charge is 0.0876 e. The van der Waals surface area contributed by atoms with E-state index >= 15 is 0 Å². The van der Waals surface area contributed by atoms with Gasteiger partial charge in [-0.1, -0.05) is 30.3 Å². The Balaban J connectivity index is 1.32. The number of fused-ring (bicyclic) bond motifs is 7. The third-order valence-electron chi connectivity index (χ3n) is 6.01. The van der Waals surface area contributed by atoms with Crippen molar-refractivity contribution in [2.75, 3.05) is 0 Å². The summed E-state index contributed by atoms with van der Waals surface area (Å²) in [6, 6.07) is 10.6. The molecule has 1 aromatic carbocycles. The SMILES string of the molecule is c1ccc(COC2C3CCC2C2C3CC3OC32)cc1. The van der Waals surface area contributed by atoms with Crippen molar-refractivity contribution >= 4 is 0 Å². The number of epoxide rings is 1. The van der Waals surface area contributed by atoms with Gasteiger partial charge in [-0.3, -0.25) is 0 Å². The van der Waals surface area contributed by atoms with Gasteiger partial charge < -0.3 is 9.47 Å². The van der Waals surface area contributed by atoms with Gasteiger partial charge >= 0.3 is 0 Å². The summed E-state index contributed by atoms with van der Waals surface area (Å²) in [6.45, 7) is 0.785. The summed E-state index contributed by atoms with van der Waals surface area (Å²) in [5, 5.41) is 0. The lowest BCUT2D eigenvalue weighted by atomic mass is 9.81. The van der Waals surface area contributed by atoms with Gasteiger partial charge in [0, 0.05) is 0 Å². The molecule has 100 valence electrons. The van der Waals surface area contributed by atoms with Gasteiger partial charge in [0.2, 0.25) is 0 Å². The molecule has 2 nitrogen and oxygen atoms in total. The molecule has 3 aliphatic carbocycles. The van der Waals surface area contributed by atoms with Crippen molar-refractivity contribution < 1.29 is 9.47 Å². The van der Waals surface area contributed by atoms with Gasteiger partial charge in [0.15, 0.2) is 0 Å². The lowest BCUT2D eigenvalue weighted by Crippen LogP contribution is -2.23. The summed E-state index contributed by atoms with van der Waals surface area (Å²) in [7, 11) is 0. The number of hydrogen-bond donors (Lipinski definition) is 0. The van der Waals surface area contributed by atoms with Gasteiger partial charge in [0.25, 0.3) is 0 Å². The summed E-state index contributed by atoms with van der Waals surface area (Å²) in [5.41, 5.74) is 1.31. The largest absolute Gasteiger partial charge is 0.373 e. The molecule has 0 spiro atoms. The van der Waals surface area contributed by atoms with Gasteiger partial charge in [-0.05, 0) is 48.5 Å². The fraction of sp³-hybridized carbons (Fsp3) is 0.647. The minimum absolute atomic E-state index is 0.514. The van der Waals surface area contributed by atoms with Crippen LogP contribution in [0.25, 0.3) is 0 Å². The maximum Gasteiger partial charge on any atom is 0.0876 e. The highest BCUT2D eigenvalue weighted by atomic mass is 16.6. The quantitative estimate of drug-likeness (QED) is 0.775. The molecule has 0 N–H and O–H groups in total. The van der Waals surface area contributed by atoms with Crippen LogP contribution < -0.4 is 0 Å². The molecular weight excluding hydrogens is 236 g/mol. The Labute approximate surface area is 114 Å². The molecule has 0 aromatic heterocycles. The number of hydrogen-bond acceptors (Lipinski definition) is 2. The highest BCUT2D eigenvalue weighted by molar-refractivity contribution is 5.17. The monoisotopic (exact) mass is 256 g/mol. The van der Waals surface area contributed by atoms with E-state index in [1.165, 1.54) is 24.8 Å². The molecular formula is C17H20O2. The zero-order valence-corrected chi connectivity index (χ0v) is 11.1. The van der Waals surface area contributed by atoms with Crippen LogP contribution in [0.2, 0.25) is 0 Å². The van der Waals surface area contributed by atoms with E-state index in [-0.39, 0.29) is 0 Å². The van der Waals surface area contributed by atoms with Crippen LogP contribution in [0.1, 0.15) is 24.8 Å². The zero-order valence-electron chi connectivity index (χ0n) is 11.1. The normalized spacial score (nSPS) is 49.2. The first-order valence-electron chi connectivity index (χ1n) is 7.73. The van der Waals surface area contributed by atoms with Crippen LogP contribution >= 0.6 is 0 Å². The molecule has 0 amide bonds. The molecule has 2 heteroatoms. The van der Waals surface area contributed by atoms with Crippen LogP contribution in [0.3, 0.4) is 0 Å². The van der Waals surface area contributed by atoms with E-state index < -0.39 is 0 Å². The van der Waals surface area contributed by atoms with Crippen molar-refractivity contribution in [3.8, 4) is 0 Å². The third kappa shape index (κ3) is 1.50. The molecule has 1 aliphatic heterocycles. The summed E-state index contributed by atoms with van der Waals surface area (Å²) >= 11 is 0. The molecule has 2 bridgehead atoms. The molecule has 3 saturated carbocycles. The van der Waals surface area contributed by atoms with Crippen LogP contribution in [0.5, 0.6) is 0 Å². The van der Waals surface area contributed by atoms with Crippen LogP contribution in [0.4, 0.5) is 0 Å². The Morgan fingerprint density at radius 3 is 2.74 bits per heavy atom. The second-order valence-corrected chi connectivity index (χ2v) is 6.78. The van der Waals surface area contributed by atoms with Gasteiger partial charge in [-0.15, -0.1) is 0 Å². The van der Waals surface area contributed by atoms with E-state index in [1.807, 2.05) is 0 Å². The van der Waals surface area contributed by atoms with E-state index in [0.29, 0.717) is 18.3 Å². The lowest BCUT2D eigenvalue weighted by molar-refractivity contribution is 0.00385. The topological polar surface area (TPSA) is 21.8 Å². The fourth-order valence-corrected chi connectivity index (χ4v) is 5.29. The number of rotatable bonds is 3. The Hall–Kier alpha value is -0.860. The first-order valence-corrected chi connectivity index (χ1v) is 7.73. The third-order valence-corrected chi connectivity index (χ3v) is 6.01. The predicted molar refractivity (Wildman–Crippen MR) is 71.5 cm³/mol. The second kappa shape index (κ2) is 3.83. The molecule has 0 radical (unpaired) electrons. The van der Waals surface area contributed by atoms with E-state index in [9.17, 15) is 0 Å². The predicted octanol–water partition coefficient (Wildman–Crippen LogP) is 3.02. The van der Waals surface area contributed by atoms with E-state index in [4.69, 9.17) is 9.47 Å². The fourth-order valence-electron chi connectivity index (χ4n) is 5.29. The Morgan fingerprint density at radius 2 is 1.89 bits per heavy atom. The van der Waals surface area contributed by atoms with Crippen LogP contribution in [-0.4, -0.2) is 18.3 Å².